The van der Waals surface area contributed by atoms with Gasteiger partial charge in [-0.2, -0.15) is 4.98 Å². The normalized spacial score (nSPS) is 18.8. The predicted molar refractivity (Wildman–Crippen MR) is 117 cm³/mol. The fourth-order valence-corrected chi connectivity index (χ4v) is 3.91. The van der Waals surface area contributed by atoms with Gasteiger partial charge in [0, 0.05) is 10.9 Å². The standard InChI is InChI=1S/C22H22ClN5O2/c1-4-13(2)19-21(24-3)25-12-28(22(19)29)11-18-26-20(27-30-18)16-8-15(9-16)14-6-5-7-17(23)10-14/h4-7,10,12,15-16H,3,8-9,11H2,1-2H3/b13-4-/t15-,16-. The van der Waals surface area contributed by atoms with Crippen LogP contribution in [0.15, 0.2) is 51.0 Å². The van der Waals surface area contributed by atoms with E-state index in [4.69, 9.17) is 16.1 Å². The van der Waals surface area contributed by atoms with Crippen molar-refractivity contribution in [2.75, 3.05) is 0 Å². The predicted octanol–water partition coefficient (Wildman–Crippen LogP) is 4.74. The van der Waals surface area contributed by atoms with Crippen LogP contribution in [0.3, 0.4) is 0 Å². The Labute approximate surface area is 179 Å². The molecule has 0 atom stereocenters. The number of aromatic nitrogens is 4. The van der Waals surface area contributed by atoms with E-state index in [0.717, 1.165) is 23.4 Å². The van der Waals surface area contributed by atoms with Gasteiger partial charge >= 0.3 is 0 Å². The third-order valence-corrected chi connectivity index (χ3v) is 5.84. The molecule has 1 aliphatic rings. The maximum atomic E-state index is 12.9. The summed E-state index contributed by atoms with van der Waals surface area (Å²) in [7, 11) is 0. The number of aliphatic imine (C=N–C) groups is 1. The number of halogens is 1. The van der Waals surface area contributed by atoms with Gasteiger partial charge in [0.15, 0.2) is 11.6 Å². The first-order chi connectivity index (χ1) is 14.5. The van der Waals surface area contributed by atoms with Gasteiger partial charge in [-0.15, -0.1) is 0 Å². The van der Waals surface area contributed by atoms with Gasteiger partial charge in [-0.1, -0.05) is 35.0 Å². The lowest BCUT2D eigenvalue weighted by Crippen LogP contribution is -2.24. The third kappa shape index (κ3) is 3.85. The SMILES string of the molecule is C=Nc1ncn(Cc2nc([C@H]3C[C@H](c4cccc(Cl)c4)C3)no2)c(=O)c1/C(C)=C\C. The van der Waals surface area contributed by atoms with Crippen LogP contribution in [0.4, 0.5) is 5.82 Å². The Morgan fingerprint density at radius 1 is 1.40 bits per heavy atom. The Bertz CT molecular complexity index is 1170. The topological polar surface area (TPSA) is 86.2 Å². The Morgan fingerprint density at radius 3 is 2.90 bits per heavy atom. The molecule has 7 nitrogen and oxygen atoms in total. The number of rotatable bonds is 6. The first-order valence-corrected chi connectivity index (χ1v) is 10.1. The van der Waals surface area contributed by atoms with Crippen LogP contribution in [0.5, 0.6) is 0 Å². The minimum absolute atomic E-state index is 0.157. The molecule has 8 heteroatoms. The van der Waals surface area contributed by atoms with Gasteiger partial charge in [0.1, 0.15) is 12.9 Å². The molecule has 0 amide bonds. The van der Waals surface area contributed by atoms with Crippen LogP contribution < -0.4 is 5.56 Å². The highest BCUT2D eigenvalue weighted by molar-refractivity contribution is 6.30. The second-order valence-electron chi connectivity index (χ2n) is 7.47. The Morgan fingerprint density at radius 2 is 2.20 bits per heavy atom. The van der Waals surface area contributed by atoms with Gasteiger partial charge in [-0.05, 0) is 62.6 Å². The maximum absolute atomic E-state index is 12.9. The highest BCUT2D eigenvalue weighted by Gasteiger charge is 2.34. The molecule has 154 valence electrons. The van der Waals surface area contributed by atoms with E-state index in [0.29, 0.717) is 29.0 Å². The number of nitrogens with zero attached hydrogens (tertiary/aromatic N) is 5. The molecule has 1 fully saturated rings. The maximum Gasteiger partial charge on any atom is 0.263 e. The van der Waals surface area contributed by atoms with Crippen molar-refractivity contribution < 1.29 is 4.52 Å². The van der Waals surface area contributed by atoms with E-state index in [1.807, 2.05) is 38.1 Å². The zero-order valence-corrected chi connectivity index (χ0v) is 17.6. The third-order valence-electron chi connectivity index (χ3n) is 5.61. The van der Waals surface area contributed by atoms with Gasteiger partial charge in [-0.25, -0.2) is 9.98 Å². The second kappa shape index (κ2) is 8.36. The van der Waals surface area contributed by atoms with Crippen LogP contribution in [-0.2, 0) is 6.54 Å². The molecule has 30 heavy (non-hydrogen) atoms. The van der Waals surface area contributed by atoms with Crippen molar-refractivity contribution in [2.45, 2.75) is 45.1 Å². The van der Waals surface area contributed by atoms with E-state index >= 15 is 0 Å². The lowest BCUT2D eigenvalue weighted by Gasteiger charge is -2.33. The Kier molecular flexibility index (Phi) is 5.63. The van der Waals surface area contributed by atoms with Crippen molar-refractivity contribution in [3.05, 3.63) is 74.9 Å². The van der Waals surface area contributed by atoms with Crippen molar-refractivity contribution in [3.8, 4) is 0 Å². The zero-order valence-electron chi connectivity index (χ0n) is 16.9. The molecule has 0 saturated heterocycles. The van der Waals surface area contributed by atoms with E-state index < -0.39 is 0 Å². The molecule has 0 unspecified atom stereocenters. The summed E-state index contributed by atoms with van der Waals surface area (Å²) in [4.78, 5) is 25.5. The second-order valence-corrected chi connectivity index (χ2v) is 7.91. The van der Waals surface area contributed by atoms with Crippen molar-refractivity contribution >= 4 is 29.7 Å². The monoisotopic (exact) mass is 423 g/mol. The van der Waals surface area contributed by atoms with Crippen LogP contribution in [0.1, 0.15) is 61.4 Å². The number of allylic oxidation sites excluding steroid dienone is 2. The molecule has 0 bridgehead atoms. The number of benzene rings is 1. The van der Waals surface area contributed by atoms with E-state index in [9.17, 15) is 4.79 Å². The van der Waals surface area contributed by atoms with Crippen LogP contribution in [0.25, 0.3) is 5.57 Å². The van der Waals surface area contributed by atoms with Crippen molar-refractivity contribution in [1.82, 2.24) is 19.7 Å². The summed E-state index contributed by atoms with van der Waals surface area (Å²) in [6, 6.07) is 7.96. The Balaban J connectivity index is 1.48. The van der Waals surface area contributed by atoms with Gasteiger partial charge in [-0.3, -0.25) is 9.36 Å². The van der Waals surface area contributed by atoms with E-state index in [-0.39, 0.29) is 18.0 Å². The smallest absolute Gasteiger partial charge is 0.263 e. The molecule has 0 N–H and O–H groups in total. The van der Waals surface area contributed by atoms with Crippen LogP contribution in [0, 0.1) is 0 Å². The molecule has 2 aromatic heterocycles. The van der Waals surface area contributed by atoms with Gasteiger partial charge in [0.25, 0.3) is 5.56 Å². The highest BCUT2D eigenvalue weighted by atomic mass is 35.5. The lowest BCUT2D eigenvalue weighted by molar-refractivity contribution is 0.315. The van der Waals surface area contributed by atoms with Gasteiger partial charge in [0.05, 0.1) is 5.56 Å². The van der Waals surface area contributed by atoms with Crippen LogP contribution in [0.2, 0.25) is 5.02 Å². The molecule has 3 aromatic rings. The summed E-state index contributed by atoms with van der Waals surface area (Å²) in [5.41, 5.74) is 2.24. The molecule has 4 rings (SSSR count). The average Bonchev–Trinajstić information content (AvgIpc) is 3.15. The summed E-state index contributed by atoms with van der Waals surface area (Å²) < 4.78 is 6.85. The fraction of sp³-hybridized carbons (Fsp3) is 0.318. The molecule has 0 aliphatic heterocycles. The van der Waals surface area contributed by atoms with Crippen LogP contribution >= 0.6 is 11.6 Å². The summed E-state index contributed by atoms with van der Waals surface area (Å²) in [5, 5.41) is 4.88. The summed E-state index contributed by atoms with van der Waals surface area (Å²) in [5.74, 6) is 2.07. The quantitative estimate of drug-likeness (QED) is 0.534. The van der Waals surface area contributed by atoms with Crippen molar-refractivity contribution in [1.29, 1.82) is 0 Å². The largest absolute Gasteiger partial charge is 0.337 e. The molecule has 1 aliphatic carbocycles. The molecule has 0 radical (unpaired) electrons. The summed E-state index contributed by atoms with van der Waals surface area (Å²) in [6.45, 7) is 7.36. The van der Waals surface area contributed by atoms with Gasteiger partial charge < -0.3 is 4.52 Å². The fourth-order valence-electron chi connectivity index (χ4n) is 3.71. The van der Waals surface area contributed by atoms with Gasteiger partial charge in [0.2, 0.25) is 5.89 Å². The minimum atomic E-state index is -0.215. The van der Waals surface area contributed by atoms with E-state index in [1.165, 1.54) is 16.5 Å². The molecule has 0 spiro atoms. The number of hydrogen-bond donors (Lipinski definition) is 0. The molecule has 1 aromatic carbocycles. The average molecular weight is 424 g/mol. The van der Waals surface area contributed by atoms with Crippen LogP contribution in [-0.4, -0.2) is 26.4 Å². The summed E-state index contributed by atoms with van der Waals surface area (Å²) >= 11 is 6.09. The Hall–Kier alpha value is -3.06. The first kappa shape index (κ1) is 20.2. The highest BCUT2D eigenvalue weighted by Crippen LogP contribution is 2.46. The van der Waals surface area contributed by atoms with Crippen molar-refractivity contribution in [2.24, 2.45) is 4.99 Å². The lowest BCUT2D eigenvalue weighted by atomic mass is 9.71. The van der Waals surface area contributed by atoms with Crippen molar-refractivity contribution in [3.63, 3.8) is 0 Å². The molecular weight excluding hydrogens is 402 g/mol. The first-order valence-electron chi connectivity index (χ1n) is 9.77. The van der Waals surface area contributed by atoms with E-state index in [1.54, 1.807) is 0 Å². The summed E-state index contributed by atoms with van der Waals surface area (Å²) in [6.07, 6.45) is 5.17. The van der Waals surface area contributed by atoms with E-state index in [2.05, 4.69) is 32.9 Å². The number of hydrogen-bond acceptors (Lipinski definition) is 6. The molecular formula is C22H22ClN5O2. The molecule has 1 saturated carbocycles. The molecule has 2 heterocycles. The zero-order chi connectivity index (χ0) is 21.3. The minimum Gasteiger partial charge on any atom is -0.337 e.